The zero-order valence-corrected chi connectivity index (χ0v) is 13.5. The van der Waals surface area contributed by atoms with Crippen molar-refractivity contribution in [1.82, 2.24) is 15.1 Å². The van der Waals surface area contributed by atoms with Gasteiger partial charge in [-0.15, -0.1) is 0 Å². The lowest BCUT2D eigenvalue weighted by Gasteiger charge is -2.40. The summed E-state index contributed by atoms with van der Waals surface area (Å²) in [5.74, 6) is 0. The van der Waals surface area contributed by atoms with Crippen molar-refractivity contribution in [2.45, 2.75) is 58.4 Å². The van der Waals surface area contributed by atoms with Crippen molar-refractivity contribution < 1.29 is 4.79 Å². The van der Waals surface area contributed by atoms with Crippen LogP contribution in [0.2, 0.25) is 0 Å². The number of rotatable bonds is 3. The maximum atomic E-state index is 12.3. The summed E-state index contributed by atoms with van der Waals surface area (Å²) in [5.41, 5.74) is 0.551. The third-order valence-electron chi connectivity index (χ3n) is 5.66. The number of amides is 2. The molecule has 1 N–H and O–H groups in total. The highest BCUT2D eigenvalue weighted by molar-refractivity contribution is 5.74. The third kappa shape index (κ3) is 3.66. The van der Waals surface area contributed by atoms with Gasteiger partial charge in [0.05, 0.1) is 0 Å². The monoisotopic (exact) mass is 281 g/mol. The van der Waals surface area contributed by atoms with Gasteiger partial charge in [0.2, 0.25) is 0 Å². The smallest absolute Gasteiger partial charge is 0.317 e. The number of likely N-dealkylation sites (N-methyl/N-ethyl adjacent to an activating group) is 1. The van der Waals surface area contributed by atoms with E-state index in [0.29, 0.717) is 11.5 Å². The summed E-state index contributed by atoms with van der Waals surface area (Å²) in [5, 5.41) is 3.26. The van der Waals surface area contributed by atoms with Gasteiger partial charge in [-0.3, -0.25) is 0 Å². The van der Waals surface area contributed by atoms with Crippen molar-refractivity contribution in [2.75, 3.05) is 33.2 Å². The molecule has 1 heterocycles. The van der Waals surface area contributed by atoms with Crippen LogP contribution < -0.4 is 5.32 Å². The topological polar surface area (TPSA) is 35.6 Å². The van der Waals surface area contributed by atoms with Gasteiger partial charge in [0.1, 0.15) is 0 Å². The fourth-order valence-corrected chi connectivity index (χ4v) is 3.61. The summed E-state index contributed by atoms with van der Waals surface area (Å²) < 4.78 is 0. The first-order chi connectivity index (χ1) is 9.58. The van der Waals surface area contributed by atoms with E-state index in [9.17, 15) is 4.79 Å². The quantitative estimate of drug-likeness (QED) is 0.863. The molecule has 4 nitrogen and oxygen atoms in total. The van der Waals surface area contributed by atoms with Gasteiger partial charge in [0, 0.05) is 32.2 Å². The Bertz CT molecular complexity index is 310. The second-order valence-corrected chi connectivity index (χ2v) is 6.72. The Morgan fingerprint density at radius 2 is 1.65 bits per heavy atom. The molecule has 0 bridgehead atoms. The van der Waals surface area contributed by atoms with E-state index in [1.165, 1.54) is 25.7 Å². The number of piperazine rings is 1. The van der Waals surface area contributed by atoms with Crippen molar-refractivity contribution in [3.8, 4) is 0 Å². The summed E-state index contributed by atoms with van der Waals surface area (Å²) >= 11 is 0. The molecular weight excluding hydrogens is 250 g/mol. The fourth-order valence-electron chi connectivity index (χ4n) is 3.61. The SMILES string of the molecule is CCC1(CC)CCC(NC(=O)N2CCN(C)CC2)CC1. The van der Waals surface area contributed by atoms with Crippen molar-refractivity contribution >= 4 is 6.03 Å². The zero-order chi connectivity index (χ0) is 14.6. The maximum absolute atomic E-state index is 12.3. The van der Waals surface area contributed by atoms with Gasteiger partial charge in [-0.25, -0.2) is 4.79 Å². The fraction of sp³-hybridized carbons (Fsp3) is 0.938. The molecule has 4 heteroatoms. The van der Waals surface area contributed by atoms with E-state index < -0.39 is 0 Å². The van der Waals surface area contributed by atoms with Crippen LogP contribution in [-0.4, -0.2) is 55.1 Å². The normalized spacial score (nSPS) is 24.6. The Labute approximate surface area is 123 Å². The van der Waals surface area contributed by atoms with Crippen LogP contribution in [0.25, 0.3) is 0 Å². The van der Waals surface area contributed by atoms with E-state index in [2.05, 4.69) is 31.1 Å². The number of nitrogens with zero attached hydrogens (tertiary/aromatic N) is 2. The number of hydrogen-bond acceptors (Lipinski definition) is 2. The number of carbonyl (C=O) groups is 1. The minimum atomic E-state index is 0.156. The van der Waals surface area contributed by atoms with Crippen molar-refractivity contribution in [1.29, 1.82) is 0 Å². The number of hydrogen-bond donors (Lipinski definition) is 1. The highest BCUT2D eigenvalue weighted by Gasteiger charge is 2.33. The molecule has 0 radical (unpaired) electrons. The minimum Gasteiger partial charge on any atom is -0.335 e. The molecule has 1 aliphatic carbocycles. The van der Waals surface area contributed by atoms with Gasteiger partial charge < -0.3 is 15.1 Å². The first kappa shape index (κ1) is 15.6. The van der Waals surface area contributed by atoms with E-state index in [1.807, 2.05) is 4.90 Å². The van der Waals surface area contributed by atoms with Crippen LogP contribution in [0, 0.1) is 5.41 Å². The summed E-state index contributed by atoms with van der Waals surface area (Å²) in [6, 6.07) is 0.553. The first-order valence-electron chi connectivity index (χ1n) is 8.32. The van der Waals surface area contributed by atoms with E-state index in [1.54, 1.807) is 0 Å². The van der Waals surface area contributed by atoms with E-state index in [4.69, 9.17) is 0 Å². The maximum Gasteiger partial charge on any atom is 0.317 e. The van der Waals surface area contributed by atoms with Gasteiger partial charge >= 0.3 is 6.03 Å². The second-order valence-electron chi connectivity index (χ2n) is 6.72. The predicted molar refractivity (Wildman–Crippen MR) is 82.9 cm³/mol. The van der Waals surface area contributed by atoms with Crippen LogP contribution in [0.5, 0.6) is 0 Å². The predicted octanol–water partition coefficient (Wildman–Crippen LogP) is 2.69. The molecule has 0 aromatic heterocycles. The zero-order valence-electron chi connectivity index (χ0n) is 13.5. The van der Waals surface area contributed by atoms with Crippen LogP contribution in [0.15, 0.2) is 0 Å². The second kappa shape index (κ2) is 6.79. The average molecular weight is 281 g/mol. The van der Waals surface area contributed by atoms with Gasteiger partial charge in [-0.2, -0.15) is 0 Å². The van der Waals surface area contributed by atoms with E-state index in [0.717, 1.165) is 39.0 Å². The first-order valence-corrected chi connectivity index (χ1v) is 8.32. The molecule has 2 fully saturated rings. The van der Waals surface area contributed by atoms with Gasteiger partial charge in [0.15, 0.2) is 0 Å². The molecule has 0 aromatic carbocycles. The molecule has 0 aromatic rings. The molecule has 0 spiro atoms. The number of nitrogens with one attached hydrogen (secondary N) is 1. The van der Waals surface area contributed by atoms with Crippen molar-refractivity contribution in [2.24, 2.45) is 5.41 Å². The molecule has 2 amide bonds. The molecule has 1 saturated carbocycles. The van der Waals surface area contributed by atoms with Crippen LogP contribution in [0.3, 0.4) is 0 Å². The largest absolute Gasteiger partial charge is 0.335 e. The Balaban J connectivity index is 1.76. The van der Waals surface area contributed by atoms with Gasteiger partial charge in [0.25, 0.3) is 0 Å². The summed E-state index contributed by atoms with van der Waals surface area (Å²) in [4.78, 5) is 16.5. The van der Waals surface area contributed by atoms with Crippen LogP contribution in [0.1, 0.15) is 52.4 Å². The molecule has 1 saturated heterocycles. The summed E-state index contributed by atoms with van der Waals surface area (Å²) in [6.45, 7) is 8.34. The minimum absolute atomic E-state index is 0.156. The Hall–Kier alpha value is -0.770. The molecule has 116 valence electrons. The molecule has 2 rings (SSSR count). The van der Waals surface area contributed by atoms with Crippen molar-refractivity contribution in [3.05, 3.63) is 0 Å². The molecule has 0 unspecified atom stereocenters. The molecule has 2 aliphatic rings. The molecule has 20 heavy (non-hydrogen) atoms. The van der Waals surface area contributed by atoms with Crippen LogP contribution in [-0.2, 0) is 0 Å². The van der Waals surface area contributed by atoms with Crippen molar-refractivity contribution in [3.63, 3.8) is 0 Å². The lowest BCUT2D eigenvalue weighted by molar-refractivity contribution is 0.130. The molecular formula is C16H31N3O. The lowest BCUT2D eigenvalue weighted by Crippen LogP contribution is -2.53. The Morgan fingerprint density at radius 3 is 2.15 bits per heavy atom. The van der Waals surface area contributed by atoms with Crippen LogP contribution in [0.4, 0.5) is 4.79 Å². The summed E-state index contributed by atoms with van der Waals surface area (Å²) in [6.07, 6.45) is 7.41. The average Bonchev–Trinajstić information content (AvgIpc) is 2.49. The highest BCUT2D eigenvalue weighted by atomic mass is 16.2. The molecule has 1 aliphatic heterocycles. The lowest BCUT2D eigenvalue weighted by atomic mass is 9.69. The van der Waals surface area contributed by atoms with Gasteiger partial charge in [-0.05, 0) is 38.1 Å². The summed E-state index contributed by atoms with van der Waals surface area (Å²) in [7, 11) is 2.12. The third-order valence-corrected chi connectivity index (χ3v) is 5.66. The highest BCUT2D eigenvalue weighted by Crippen LogP contribution is 2.41. The molecule has 0 atom stereocenters. The number of urea groups is 1. The van der Waals surface area contributed by atoms with Crippen LogP contribution >= 0.6 is 0 Å². The van der Waals surface area contributed by atoms with Gasteiger partial charge in [-0.1, -0.05) is 26.7 Å². The Morgan fingerprint density at radius 1 is 1.10 bits per heavy atom. The standard InChI is InChI=1S/C16H31N3O/c1-4-16(5-2)8-6-14(7-9-16)17-15(20)19-12-10-18(3)11-13-19/h14H,4-13H2,1-3H3,(H,17,20). The number of carbonyl (C=O) groups excluding carboxylic acids is 1. The van der Waals surface area contributed by atoms with E-state index in [-0.39, 0.29) is 6.03 Å². The Kier molecular flexibility index (Phi) is 5.30. The van der Waals surface area contributed by atoms with E-state index >= 15 is 0 Å².